The van der Waals surface area contributed by atoms with Crippen molar-refractivity contribution in [1.82, 2.24) is 14.4 Å². The van der Waals surface area contributed by atoms with Crippen molar-refractivity contribution in [2.75, 3.05) is 18.4 Å². The third-order valence-corrected chi connectivity index (χ3v) is 9.07. The molecule has 0 saturated heterocycles. The Kier molecular flexibility index (Phi) is 5.94. The summed E-state index contributed by atoms with van der Waals surface area (Å²) in [6.45, 7) is 10.1. The van der Waals surface area contributed by atoms with Crippen molar-refractivity contribution in [1.29, 1.82) is 0 Å². The van der Waals surface area contributed by atoms with Crippen molar-refractivity contribution in [2.24, 2.45) is 0 Å². The molecule has 0 spiro atoms. The summed E-state index contributed by atoms with van der Waals surface area (Å²) < 4.78 is 2.33. The minimum atomic E-state index is -0.183. The van der Waals surface area contributed by atoms with Crippen LogP contribution in [0.3, 0.4) is 0 Å². The van der Waals surface area contributed by atoms with Crippen LogP contribution in [-0.2, 0) is 19.5 Å². The van der Waals surface area contributed by atoms with E-state index >= 15 is 0 Å². The molecule has 184 valence electrons. The van der Waals surface area contributed by atoms with Crippen LogP contribution in [0.15, 0.2) is 66.9 Å². The van der Waals surface area contributed by atoms with Crippen molar-refractivity contribution in [3.8, 4) is 5.00 Å². The van der Waals surface area contributed by atoms with E-state index in [0.29, 0.717) is 6.54 Å². The maximum absolute atomic E-state index is 14.1. The van der Waals surface area contributed by atoms with Crippen molar-refractivity contribution in [3.05, 3.63) is 105 Å². The average Bonchev–Trinajstić information content (AvgIpc) is 3.48. The lowest BCUT2D eigenvalue weighted by Crippen LogP contribution is -2.38. The first-order chi connectivity index (χ1) is 17.5. The third-order valence-electron chi connectivity index (χ3n) is 7.81. The number of nitrogens with zero attached hydrogens (tertiary/aromatic N) is 3. The van der Waals surface area contributed by atoms with Gasteiger partial charge in [0.1, 0.15) is 5.00 Å². The highest BCUT2D eigenvalue weighted by Crippen LogP contribution is 2.43. The molecule has 2 aliphatic rings. The van der Waals surface area contributed by atoms with Gasteiger partial charge in [-0.1, -0.05) is 49.4 Å². The Morgan fingerprint density at radius 2 is 1.83 bits per heavy atom. The highest BCUT2D eigenvalue weighted by atomic mass is 32.1. The molecule has 4 heterocycles. The number of carbonyl (C=O) groups is 1. The molecular weight excluding hydrogens is 464 g/mol. The van der Waals surface area contributed by atoms with Crippen molar-refractivity contribution < 1.29 is 4.79 Å². The first kappa shape index (κ1) is 23.1. The number of thiophene rings is 1. The lowest BCUT2D eigenvalue weighted by molar-refractivity contribution is 0.194. The number of rotatable bonds is 3. The number of carbonyl (C=O) groups excluding carboxylic acids is 1. The fourth-order valence-corrected chi connectivity index (χ4v) is 7.01. The number of hydrogen-bond acceptors (Lipinski definition) is 3. The van der Waals surface area contributed by atoms with Crippen molar-refractivity contribution >= 4 is 23.1 Å². The number of amides is 2. The van der Waals surface area contributed by atoms with E-state index in [4.69, 9.17) is 0 Å². The zero-order chi connectivity index (χ0) is 24.8. The van der Waals surface area contributed by atoms with E-state index in [1.807, 2.05) is 34.4 Å². The molecule has 2 amide bonds. The standard InChI is InChI=1S/C30H32N4OS/c1-4-32-17-15-23-24-18-34(30(35)31-25-13-8-10-20(2)21(25)3)28(22-11-6-5-7-12-22)26-14-9-16-33(26)29(24)36-27(23)19-32/h5-14,16,28H,4,15,17-19H2,1-3H3,(H,31,35)/t28-/m1/s1. The number of urea groups is 1. The second-order valence-corrected chi connectivity index (χ2v) is 10.9. The molecule has 36 heavy (non-hydrogen) atoms. The summed E-state index contributed by atoms with van der Waals surface area (Å²) >= 11 is 1.90. The number of likely N-dealkylation sites (N-methyl/N-ethyl adjacent to an activating group) is 1. The summed E-state index contributed by atoms with van der Waals surface area (Å²) in [6.07, 6.45) is 3.20. The molecule has 0 saturated carbocycles. The Hall–Kier alpha value is -3.35. The quantitative estimate of drug-likeness (QED) is 0.344. The second-order valence-electron chi connectivity index (χ2n) is 9.83. The van der Waals surface area contributed by atoms with Gasteiger partial charge in [-0.2, -0.15) is 0 Å². The predicted molar refractivity (Wildman–Crippen MR) is 147 cm³/mol. The van der Waals surface area contributed by atoms with Crippen LogP contribution in [0.1, 0.15) is 51.4 Å². The summed E-state index contributed by atoms with van der Waals surface area (Å²) in [4.78, 5) is 20.1. The Morgan fingerprint density at radius 1 is 1.00 bits per heavy atom. The molecule has 0 bridgehead atoms. The lowest BCUT2D eigenvalue weighted by atomic mass is 10.00. The van der Waals surface area contributed by atoms with E-state index in [1.165, 1.54) is 26.6 Å². The van der Waals surface area contributed by atoms with Crippen LogP contribution >= 0.6 is 11.3 Å². The van der Waals surface area contributed by atoms with Gasteiger partial charge < -0.3 is 14.8 Å². The molecule has 6 heteroatoms. The summed E-state index contributed by atoms with van der Waals surface area (Å²) in [5.41, 5.74) is 8.14. The largest absolute Gasteiger partial charge is 0.322 e. The fourth-order valence-electron chi connectivity index (χ4n) is 5.61. The van der Waals surface area contributed by atoms with Gasteiger partial charge >= 0.3 is 6.03 Å². The van der Waals surface area contributed by atoms with Crippen LogP contribution < -0.4 is 5.32 Å². The molecule has 1 N–H and O–H groups in total. The van der Waals surface area contributed by atoms with Gasteiger partial charge in [-0.25, -0.2) is 4.79 Å². The number of aryl methyl sites for hydroxylation is 1. The minimum absolute atomic E-state index is 0.0657. The molecule has 0 unspecified atom stereocenters. The number of aromatic nitrogens is 1. The van der Waals surface area contributed by atoms with Gasteiger partial charge in [-0.15, -0.1) is 11.3 Å². The molecule has 0 fully saturated rings. The second kappa shape index (κ2) is 9.26. The maximum Gasteiger partial charge on any atom is 0.322 e. The van der Waals surface area contributed by atoms with E-state index in [-0.39, 0.29) is 12.1 Å². The molecule has 2 aromatic heterocycles. The van der Waals surface area contributed by atoms with Gasteiger partial charge in [0.2, 0.25) is 0 Å². The highest BCUT2D eigenvalue weighted by molar-refractivity contribution is 7.15. The zero-order valence-electron chi connectivity index (χ0n) is 21.1. The SMILES string of the molecule is CCN1CCc2c(sc3c2CN(C(=O)Nc2cccc(C)c2C)[C@H](c2ccccc2)c2cccn2-3)C1. The van der Waals surface area contributed by atoms with Crippen LogP contribution in [0.5, 0.6) is 0 Å². The van der Waals surface area contributed by atoms with Crippen LogP contribution in [0.25, 0.3) is 5.00 Å². The molecule has 4 aromatic rings. The first-order valence-corrected chi connectivity index (χ1v) is 13.6. The number of nitrogens with one attached hydrogen (secondary N) is 1. The van der Waals surface area contributed by atoms with E-state index in [0.717, 1.165) is 48.6 Å². The highest BCUT2D eigenvalue weighted by Gasteiger charge is 2.36. The summed E-state index contributed by atoms with van der Waals surface area (Å²) in [5.74, 6) is 0. The van der Waals surface area contributed by atoms with Crippen LogP contribution in [0, 0.1) is 13.8 Å². The number of hydrogen-bond donors (Lipinski definition) is 1. The van der Waals surface area contributed by atoms with Gasteiger partial charge in [0.05, 0.1) is 18.3 Å². The molecule has 2 aliphatic heterocycles. The third kappa shape index (κ3) is 3.85. The number of fused-ring (bicyclic) bond motifs is 5. The molecule has 0 radical (unpaired) electrons. The maximum atomic E-state index is 14.1. The molecule has 1 atom stereocenters. The molecular formula is C30H32N4OS. The number of anilines is 1. The predicted octanol–water partition coefficient (Wildman–Crippen LogP) is 6.67. The Labute approximate surface area is 217 Å². The van der Waals surface area contributed by atoms with Gasteiger partial charge in [0.25, 0.3) is 0 Å². The molecule has 2 aromatic carbocycles. The Morgan fingerprint density at radius 3 is 2.64 bits per heavy atom. The minimum Gasteiger partial charge on any atom is -0.310 e. The van der Waals surface area contributed by atoms with Gasteiger partial charge in [0, 0.05) is 35.4 Å². The fraction of sp³-hybridized carbons (Fsp3) is 0.300. The monoisotopic (exact) mass is 496 g/mol. The number of benzene rings is 2. The Bertz CT molecular complexity index is 1420. The normalized spacial score (nSPS) is 17.2. The van der Waals surface area contributed by atoms with Crippen molar-refractivity contribution in [3.63, 3.8) is 0 Å². The van der Waals surface area contributed by atoms with Crippen molar-refractivity contribution in [2.45, 2.75) is 46.3 Å². The van der Waals surface area contributed by atoms with Gasteiger partial charge in [-0.3, -0.25) is 4.90 Å². The molecule has 6 rings (SSSR count). The summed E-state index contributed by atoms with van der Waals surface area (Å²) in [5, 5.41) is 4.53. The van der Waals surface area contributed by atoms with Crippen LogP contribution in [-0.4, -0.2) is 33.5 Å². The molecule has 5 nitrogen and oxygen atoms in total. The van der Waals surface area contributed by atoms with E-state index < -0.39 is 0 Å². The topological polar surface area (TPSA) is 40.5 Å². The van der Waals surface area contributed by atoms with E-state index in [1.54, 1.807) is 0 Å². The molecule has 0 aliphatic carbocycles. The van der Waals surface area contributed by atoms with Crippen LogP contribution in [0.2, 0.25) is 0 Å². The van der Waals surface area contributed by atoms with E-state index in [2.05, 4.69) is 84.2 Å². The smallest absolute Gasteiger partial charge is 0.310 e. The Balaban J connectivity index is 1.48. The zero-order valence-corrected chi connectivity index (χ0v) is 21.9. The summed E-state index contributed by atoms with van der Waals surface area (Å²) in [7, 11) is 0. The van der Waals surface area contributed by atoms with Gasteiger partial charge in [0.15, 0.2) is 0 Å². The van der Waals surface area contributed by atoms with E-state index in [9.17, 15) is 4.79 Å². The van der Waals surface area contributed by atoms with Crippen LogP contribution in [0.4, 0.5) is 10.5 Å². The average molecular weight is 497 g/mol. The summed E-state index contributed by atoms with van der Waals surface area (Å²) in [6, 6.07) is 20.5. The van der Waals surface area contributed by atoms with Gasteiger partial charge in [-0.05, 0) is 67.3 Å². The lowest BCUT2D eigenvalue weighted by Gasteiger charge is -2.32. The first-order valence-electron chi connectivity index (χ1n) is 12.8.